The highest BCUT2D eigenvalue weighted by Crippen LogP contribution is 1.93. The third-order valence-electron chi connectivity index (χ3n) is 1.12. The molecule has 58 valence electrons. The van der Waals surface area contributed by atoms with Gasteiger partial charge < -0.3 is 5.11 Å². The summed E-state index contributed by atoms with van der Waals surface area (Å²) in [5.74, 6) is -0.352. The van der Waals surface area contributed by atoms with Crippen LogP contribution < -0.4 is 0 Å². The number of carbonyl (C=O) groups excluding carboxylic acids is 1. The summed E-state index contributed by atoms with van der Waals surface area (Å²) in [5.41, 5.74) is 0. The predicted octanol–water partition coefficient (Wildman–Crippen LogP) is 0.923. The fourth-order valence-electron chi connectivity index (χ4n) is 0.488. The summed E-state index contributed by atoms with van der Waals surface area (Å²) in [7, 11) is 1.25. The first-order valence-corrected chi connectivity index (χ1v) is 3.09. The van der Waals surface area contributed by atoms with Crippen LogP contribution in [0.15, 0.2) is 0 Å². The molecule has 1 N–H and O–H groups in total. The lowest BCUT2D eigenvalue weighted by atomic mass is 10.3. The molecular weight excluding hydrogens is 134 g/mol. The van der Waals surface area contributed by atoms with E-state index in [9.17, 15) is 9.59 Å². The van der Waals surface area contributed by atoms with Crippen molar-refractivity contribution in [3.05, 3.63) is 0 Å². The summed E-state index contributed by atoms with van der Waals surface area (Å²) in [6.07, 6.45) is -0.224. The van der Waals surface area contributed by atoms with Gasteiger partial charge in [-0.3, -0.25) is 9.69 Å². The fraction of sp³-hybridized carbons (Fsp3) is 0.667. The van der Waals surface area contributed by atoms with Crippen LogP contribution in [0.4, 0.5) is 4.79 Å². The third-order valence-corrected chi connectivity index (χ3v) is 1.12. The Labute approximate surface area is 59.4 Å². The van der Waals surface area contributed by atoms with E-state index >= 15 is 0 Å². The lowest BCUT2D eigenvalue weighted by Gasteiger charge is -2.08. The van der Waals surface area contributed by atoms with E-state index in [1.54, 1.807) is 0 Å². The minimum absolute atomic E-state index is 0.294. The molecule has 0 aliphatic carbocycles. The van der Waals surface area contributed by atoms with Crippen molar-refractivity contribution in [2.45, 2.75) is 19.8 Å². The maximum Gasteiger partial charge on any atom is 0.413 e. The SMILES string of the molecule is CCCC(=O)N(C)C(=O)O. The summed E-state index contributed by atoms with van der Waals surface area (Å²) < 4.78 is 0. The Balaban J connectivity index is 3.82. The molecule has 10 heavy (non-hydrogen) atoms. The van der Waals surface area contributed by atoms with Crippen molar-refractivity contribution in [1.29, 1.82) is 0 Å². The van der Waals surface area contributed by atoms with Crippen LogP contribution in [0.1, 0.15) is 19.8 Å². The van der Waals surface area contributed by atoms with Gasteiger partial charge in [-0.05, 0) is 6.42 Å². The molecular formula is C6H11NO3. The normalized spacial score (nSPS) is 9.00. The minimum Gasteiger partial charge on any atom is -0.465 e. The van der Waals surface area contributed by atoms with E-state index < -0.39 is 6.09 Å². The largest absolute Gasteiger partial charge is 0.465 e. The smallest absolute Gasteiger partial charge is 0.413 e. The van der Waals surface area contributed by atoms with Crippen LogP contribution in [0.25, 0.3) is 0 Å². The molecule has 0 radical (unpaired) electrons. The maximum absolute atomic E-state index is 10.7. The second-order valence-corrected chi connectivity index (χ2v) is 1.99. The van der Waals surface area contributed by atoms with Gasteiger partial charge >= 0.3 is 6.09 Å². The molecule has 0 aliphatic heterocycles. The van der Waals surface area contributed by atoms with Crippen LogP contribution >= 0.6 is 0 Å². The number of amides is 2. The Bertz CT molecular complexity index is 144. The highest BCUT2D eigenvalue weighted by Gasteiger charge is 2.12. The average molecular weight is 145 g/mol. The standard InChI is InChI=1S/C6H11NO3/c1-3-4-5(8)7(2)6(9)10/h3-4H2,1-2H3,(H,9,10). The van der Waals surface area contributed by atoms with E-state index in [1.807, 2.05) is 6.92 Å². The molecule has 0 fully saturated rings. The van der Waals surface area contributed by atoms with Crippen molar-refractivity contribution < 1.29 is 14.7 Å². The van der Waals surface area contributed by atoms with E-state index in [0.29, 0.717) is 17.7 Å². The zero-order valence-electron chi connectivity index (χ0n) is 6.13. The van der Waals surface area contributed by atoms with E-state index in [1.165, 1.54) is 7.05 Å². The Morgan fingerprint density at radius 2 is 2.00 bits per heavy atom. The van der Waals surface area contributed by atoms with Crippen molar-refractivity contribution in [3.8, 4) is 0 Å². The topological polar surface area (TPSA) is 57.6 Å². The van der Waals surface area contributed by atoms with Gasteiger partial charge in [0.05, 0.1) is 0 Å². The van der Waals surface area contributed by atoms with Crippen molar-refractivity contribution in [2.75, 3.05) is 7.05 Å². The van der Waals surface area contributed by atoms with Crippen molar-refractivity contribution >= 4 is 12.0 Å². The molecule has 0 saturated carbocycles. The van der Waals surface area contributed by atoms with Crippen LogP contribution in [0.3, 0.4) is 0 Å². The van der Waals surface area contributed by atoms with Gasteiger partial charge in [0.15, 0.2) is 0 Å². The van der Waals surface area contributed by atoms with Crippen molar-refractivity contribution in [1.82, 2.24) is 4.90 Å². The number of nitrogens with zero attached hydrogens (tertiary/aromatic N) is 1. The maximum atomic E-state index is 10.7. The number of rotatable bonds is 2. The average Bonchev–Trinajstić information content (AvgIpc) is 1.87. The van der Waals surface area contributed by atoms with Gasteiger partial charge in [0.2, 0.25) is 5.91 Å². The molecule has 4 heteroatoms. The summed E-state index contributed by atoms with van der Waals surface area (Å²) in [4.78, 5) is 21.5. The quantitative estimate of drug-likeness (QED) is 0.628. The van der Waals surface area contributed by atoms with Crippen molar-refractivity contribution in [3.63, 3.8) is 0 Å². The number of hydrogen-bond donors (Lipinski definition) is 1. The first-order chi connectivity index (χ1) is 4.59. The number of carbonyl (C=O) groups is 2. The predicted molar refractivity (Wildman–Crippen MR) is 35.7 cm³/mol. The summed E-state index contributed by atoms with van der Waals surface area (Å²) in [5, 5.41) is 8.28. The highest BCUT2D eigenvalue weighted by atomic mass is 16.4. The van der Waals surface area contributed by atoms with Gasteiger partial charge in [-0.15, -0.1) is 0 Å². The molecule has 0 aromatic rings. The Morgan fingerprint density at radius 1 is 1.50 bits per heavy atom. The minimum atomic E-state index is -1.20. The lowest BCUT2D eigenvalue weighted by Crippen LogP contribution is -2.31. The molecule has 0 aromatic carbocycles. The Hall–Kier alpha value is -1.06. The van der Waals surface area contributed by atoms with Gasteiger partial charge in [-0.2, -0.15) is 0 Å². The van der Waals surface area contributed by atoms with Crippen LogP contribution in [-0.2, 0) is 4.79 Å². The van der Waals surface area contributed by atoms with Crippen molar-refractivity contribution in [2.24, 2.45) is 0 Å². The monoisotopic (exact) mass is 145 g/mol. The van der Waals surface area contributed by atoms with Crippen LogP contribution in [0, 0.1) is 0 Å². The Morgan fingerprint density at radius 3 is 2.30 bits per heavy atom. The van der Waals surface area contributed by atoms with Crippen LogP contribution in [0.2, 0.25) is 0 Å². The number of imide groups is 1. The van der Waals surface area contributed by atoms with Crippen LogP contribution in [0.5, 0.6) is 0 Å². The second-order valence-electron chi connectivity index (χ2n) is 1.99. The summed E-state index contributed by atoms with van der Waals surface area (Å²) in [6, 6.07) is 0. The van der Waals surface area contributed by atoms with E-state index in [4.69, 9.17) is 5.11 Å². The fourth-order valence-corrected chi connectivity index (χ4v) is 0.488. The summed E-state index contributed by atoms with van der Waals surface area (Å²) >= 11 is 0. The molecule has 0 aromatic heterocycles. The van der Waals surface area contributed by atoms with Gasteiger partial charge in [-0.1, -0.05) is 6.92 Å². The van der Waals surface area contributed by atoms with Gasteiger partial charge in [-0.25, -0.2) is 4.79 Å². The molecule has 0 bridgehead atoms. The van der Waals surface area contributed by atoms with E-state index in [-0.39, 0.29) is 5.91 Å². The molecule has 0 spiro atoms. The molecule has 2 amide bonds. The van der Waals surface area contributed by atoms with E-state index in [2.05, 4.69) is 0 Å². The zero-order valence-corrected chi connectivity index (χ0v) is 6.13. The van der Waals surface area contributed by atoms with E-state index in [0.717, 1.165) is 0 Å². The molecule has 0 saturated heterocycles. The van der Waals surface area contributed by atoms with Gasteiger partial charge in [0, 0.05) is 13.5 Å². The molecule has 0 rings (SSSR count). The molecule has 4 nitrogen and oxygen atoms in total. The molecule has 0 aliphatic rings. The first-order valence-electron chi connectivity index (χ1n) is 3.09. The molecule has 0 unspecified atom stereocenters. The number of carboxylic acid groups (broad SMARTS) is 1. The number of hydrogen-bond acceptors (Lipinski definition) is 2. The first kappa shape index (κ1) is 8.94. The third kappa shape index (κ3) is 2.48. The Kier molecular flexibility index (Phi) is 3.46. The van der Waals surface area contributed by atoms with Gasteiger partial charge in [0.1, 0.15) is 0 Å². The highest BCUT2D eigenvalue weighted by molar-refractivity contribution is 5.90. The zero-order chi connectivity index (χ0) is 8.15. The second kappa shape index (κ2) is 3.87. The summed E-state index contributed by atoms with van der Waals surface area (Å²) in [6.45, 7) is 1.83. The lowest BCUT2D eigenvalue weighted by molar-refractivity contribution is -0.128. The molecule has 0 atom stereocenters. The van der Waals surface area contributed by atoms with Crippen LogP contribution in [-0.4, -0.2) is 29.1 Å². The van der Waals surface area contributed by atoms with Gasteiger partial charge in [0.25, 0.3) is 0 Å². The molecule has 0 heterocycles.